The topological polar surface area (TPSA) is 49.0 Å². The quantitative estimate of drug-likeness (QED) is 0.721. The lowest BCUT2D eigenvalue weighted by molar-refractivity contribution is 0.0627. The van der Waals surface area contributed by atoms with E-state index in [4.69, 9.17) is 0 Å². The van der Waals surface area contributed by atoms with E-state index in [1.54, 1.807) is 6.33 Å². The van der Waals surface area contributed by atoms with Gasteiger partial charge in [0.2, 0.25) is 0 Å². The van der Waals surface area contributed by atoms with Crippen molar-refractivity contribution < 1.29 is 4.79 Å². The number of benzene rings is 2. The first kappa shape index (κ1) is 17.8. The van der Waals surface area contributed by atoms with E-state index in [0.29, 0.717) is 5.92 Å². The largest absolute Gasteiger partial charge is 0.345 e. The number of imidazole rings is 1. The zero-order valence-corrected chi connectivity index (χ0v) is 16.1. The predicted octanol–water partition coefficient (Wildman–Crippen LogP) is 4.61. The minimum absolute atomic E-state index is 0.135. The van der Waals surface area contributed by atoms with Crippen LogP contribution >= 0.6 is 0 Å². The van der Waals surface area contributed by atoms with Gasteiger partial charge in [0, 0.05) is 18.2 Å². The molecule has 1 aliphatic carbocycles. The molecule has 0 radical (unpaired) electrons. The Kier molecular flexibility index (Phi) is 4.97. The summed E-state index contributed by atoms with van der Waals surface area (Å²) in [7, 11) is 0. The highest BCUT2D eigenvalue weighted by Gasteiger charge is 2.29. The lowest BCUT2D eigenvalue weighted by Gasteiger charge is -2.37. The molecule has 2 atom stereocenters. The number of hydrogen-bond donors (Lipinski definition) is 1. The van der Waals surface area contributed by atoms with Crippen LogP contribution in [0, 0.1) is 5.92 Å². The van der Waals surface area contributed by atoms with Gasteiger partial charge in [-0.3, -0.25) is 4.79 Å². The van der Waals surface area contributed by atoms with Crippen LogP contribution in [-0.4, -0.2) is 33.4 Å². The smallest absolute Gasteiger partial charge is 0.254 e. The Hall–Kier alpha value is -2.62. The molecule has 0 saturated heterocycles. The number of fused-ring (bicyclic) bond motifs is 2. The third-order valence-electron chi connectivity index (χ3n) is 5.89. The summed E-state index contributed by atoms with van der Waals surface area (Å²) in [5.41, 5.74) is 5.38. The molecule has 0 bridgehead atoms. The van der Waals surface area contributed by atoms with Gasteiger partial charge < -0.3 is 9.88 Å². The minimum Gasteiger partial charge on any atom is -0.345 e. The summed E-state index contributed by atoms with van der Waals surface area (Å²) in [5.74, 6) is 0.623. The fourth-order valence-electron chi connectivity index (χ4n) is 4.04. The minimum atomic E-state index is 0.135. The normalized spacial score (nSPS) is 17.5. The molecule has 4 heteroatoms. The molecule has 140 valence electrons. The predicted molar refractivity (Wildman–Crippen MR) is 109 cm³/mol. The number of nitrogens with one attached hydrogen (secondary N) is 1. The van der Waals surface area contributed by atoms with Gasteiger partial charge in [0.1, 0.15) is 0 Å². The van der Waals surface area contributed by atoms with Crippen LogP contribution in [0.5, 0.6) is 0 Å². The standard InChI is InChI=1S/C23H27N3O/c1-3-16(2)14-26(20-10-8-17-6-4-5-7-18(17)12-20)23(27)19-9-11-21-22(13-19)25-15-24-21/h4-7,9,11,13,15-16,20H,3,8,10,12,14H2,1-2H3,(H,24,25)/t16-,20-/m0/s1. The van der Waals surface area contributed by atoms with E-state index in [1.165, 1.54) is 11.1 Å². The summed E-state index contributed by atoms with van der Waals surface area (Å²) >= 11 is 0. The van der Waals surface area contributed by atoms with Crippen molar-refractivity contribution in [3.8, 4) is 0 Å². The van der Waals surface area contributed by atoms with E-state index in [-0.39, 0.29) is 11.9 Å². The van der Waals surface area contributed by atoms with Crippen LogP contribution in [0.2, 0.25) is 0 Å². The Labute approximate surface area is 160 Å². The van der Waals surface area contributed by atoms with Crippen molar-refractivity contribution in [2.24, 2.45) is 5.92 Å². The zero-order valence-electron chi connectivity index (χ0n) is 16.1. The maximum Gasteiger partial charge on any atom is 0.254 e. The van der Waals surface area contributed by atoms with Crippen LogP contribution in [0.25, 0.3) is 11.0 Å². The number of H-pyrrole nitrogens is 1. The molecule has 3 aromatic rings. The van der Waals surface area contributed by atoms with E-state index in [2.05, 4.69) is 53.0 Å². The van der Waals surface area contributed by atoms with E-state index < -0.39 is 0 Å². The maximum absolute atomic E-state index is 13.5. The van der Waals surface area contributed by atoms with Crippen molar-refractivity contribution in [1.82, 2.24) is 14.9 Å². The van der Waals surface area contributed by atoms with Crippen LogP contribution in [0.15, 0.2) is 48.8 Å². The summed E-state index contributed by atoms with van der Waals surface area (Å²) in [6.45, 7) is 5.23. The Bertz CT molecular complexity index is 945. The molecule has 1 heterocycles. The molecule has 0 unspecified atom stereocenters. The second kappa shape index (κ2) is 7.55. The van der Waals surface area contributed by atoms with Gasteiger partial charge in [-0.15, -0.1) is 0 Å². The molecule has 0 spiro atoms. The van der Waals surface area contributed by atoms with Crippen molar-refractivity contribution in [2.45, 2.75) is 45.6 Å². The molecule has 0 aliphatic heterocycles. The summed E-state index contributed by atoms with van der Waals surface area (Å²) in [5, 5.41) is 0. The van der Waals surface area contributed by atoms with Gasteiger partial charge >= 0.3 is 0 Å². The van der Waals surface area contributed by atoms with Crippen molar-refractivity contribution in [1.29, 1.82) is 0 Å². The molecular weight excluding hydrogens is 334 g/mol. The molecule has 27 heavy (non-hydrogen) atoms. The monoisotopic (exact) mass is 361 g/mol. The molecule has 4 nitrogen and oxygen atoms in total. The zero-order chi connectivity index (χ0) is 18.8. The Morgan fingerprint density at radius 3 is 2.89 bits per heavy atom. The summed E-state index contributed by atoms with van der Waals surface area (Å²) in [6, 6.07) is 14.7. The molecule has 1 N–H and O–H groups in total. The van der Waals surface area contributed by atoms with Gasteiger partial charge in [0.05, 0.1) is 17.4 Å². The van der Waals surface area contributed by atoms with Crippen molar-refractivity contribution in [3.63, 3.8) is 0 Å². The molecule has 1 amide bonds. The molecular formula is C23H27N3O. The molecule has 1 aromatic heterocycles. The molecule has 2 aromatic carbocycles. The van der Waals surface area contributed by atoms with Gasteiger partial charge in [0.25, 0.3) is 5.91 Å². The maximum atomic E-state index is 13.5. The second-order valence-electron chi connectivity index (χ2n) is 7.77. The van der Waals surface area contributed by atoms with Gasteiger partial charge in [-0.05, 0) is 54.5 Å². The number of nitrogens with zero attached hydrogens (tertiary/aromatic N) is 2. The molecule has 1 aliphatic rings. The Morgan fingerprint density at radius 1 is 1.26 bits per heavy atom. The first-order chi connectivity index (χ1) is 13.2. The number of carbonyl (C=O) groups is 1. The van der Waals surface area contributed by atoms with Gasteiger partial charge in [-0.1, -0.05) is 44.5 Å². The highest BCUT2D eigenvalue weighted by Crippen LogP contribution is 2.27. The average Bonchev–Trinajstić information content (AvgIpc) is 3.18. The molecule has 4 rings (SSSR count). The third kappa shape index (κ3) is 3.61. The van der Waals surface area contributed by atoms with E-state index in [1.807, 2.05) is 18.2 Å². The fourth-order valence-corrected chi connectivity index (χ4v) is 4.04. The van der Waals surface area contributed by atoms with Gasteiger partial charge in [-0.2, -0.15) is 0 Å². The SMILES string of the molecule is CC[C@H](C)CN(C(=O)c1ccc2nc[nH]c2c1)[C@H]1CCc2ccccc2C1. The summed E-state index contributed by atoms with van der Waals surface area (Å²) in [4.78, 5) is 23.0. The summed E-state index contributed by atoms with van der Waals surface area (Å²) in [6.07, 6.45) is 5.78. The van der Waals surface area contributed by atoms with E-state index in [9.17, 15) is 4.79 Å². The van der Waals surface area contributed by atoms with Crippen molar-refractivity contribution in [3.05, 3.63) is 65.5 Å². The Balaban J connectivity index is 1.63. The number of aromatic nitrogens is 2. The van der Waals surface area contributed by atoms with Crippen LogP contribution < -0.4 is 0 Å². The Morgan fingerprint density at radius 2 is 2.07 bits per heavy atom. The first-order valence-electron chi connectivity index (χ1n) is 9.96. The number of aryl methyl sites for hydroxylation is 1. The molecule has 0 fully saturated rings. The lowest BCUT2D eigenvalue weighted by Crippen LogP contribution is -2.45. The van der Waals surface area contributed by atoms with Crippen LogP contribution in [0.1, 0.15) is 48.2 Å². The van der Waals surface area contributed by atoms with Gasteiger partial charge in [-0.25, -0.2) is 4.98 Å². The number of rotatable bonds is 5. The van der Waals surface area contributed by atoms with Crippen LogP contribution in [0.3, 0.4) is 0 Å². The van der Waals surface area contributed by atoms with Crippen LogP contribution in [0.4, 0.5) is 0 Å². The highest BCUT2D eigenvalue weighted by atomic mass is 16.2. The van der Waals surface area contributed by atoms with E-state index in [0.717, 1.165) is 48.8 Å². The number of amides is 1. The number of aromatic amines is 1. The average molecular weight is 361 g/mol. The number of carbonyl (C=O) groups excluding carboxylic acids is 1. The third-order valence-corrected chi connectivity index (χ3v) is 5.89. The van der Waals surface area contributed by atoms with Crippen molar-refractivity contribution >= 4 is 16.9 Å². The van der Waals surface area contributed by atoms with E-state index >= 15 is 0 Å². The highest BCUT2D eigenvalue weighted by molar-refractivity contribution is 5.97. The first-order valence-corrected chi connectivity index (χ1v) is 9.96. The molecule has 0 saturated carbocycles. The summed E-state index contributed by atoms with van der Waals surface area (Å²) < 4.78 is 0. The lowest BCUT2D eigenvalue weighted by atomic mass is 9.87. The van der Waals surface area contributed by atoms with Gasteiger partial charge in [0.15, 0.2) is 0 Å². The van der Waals surface area contributed by atoms with Crippen LogP contribution in [-0.2, 0) is 12.8 Å². The number of hydrogen-bond acceptors (Lipinski definition) is 2. The second-order valence-corrected chi connectivity index (χ2v) is 7.77. The van der Waals surface area contributed by atoms with Crippen molar-refractivity contribution in [2.75, 3.05) is 6.54 Å². The fraction of sp³-hybridized carbons (Fsp3) is 0.391.